The molecule has 1 amide bonds. The zero-order valence-corrected chi connectivity index (χ0v) is 17.6. The maximum absolute atomic E-state index is 12.3. The molecule has 1 saturated carbocycles. The van der Waals surface area contributed by atoms with Gasteiger partial charge in [-0.05, 0) is 49.9 Å². The summed E-state index contributed by atoms with van der Waals surface area (Å²) in [5, 5.41) is 19.5. The van der Waals surface area contributed by atoms with Crippen molar-refractivity contribution in [3.05, 3.63) is 64.8 Å². The molecule has 9 heteroatoms. The van der Waals surface area contributed by atoms with Crippen LogP contribution >= 0.6 is 11.3 Å². The Kier molecular flexibility index (Phi) is 4.63. The number of aliphatic hydroxyl groups is 1. The summed E-state index contributed by atoms with van der Waals surface area (Å²) in [6.07, 6.45) is 6.73. The number of carbonyl (C=O) groups excluding carboxylic acids is 1. The minimum absolute atomic E-state index is 0.0202. The van der Waals surface area contributed by atoms with E-state index in [1.165, 1.54) is 4.88 Å². The van der Waals surface area contributed by atoms with Crippen molar-refractivity contribution in [3.63, 3.8) is 0 Å². The minimum atomic E-state index is -0.878. The van der Waals surface area contributed by atoms with E-state index in [4.69, 9.17) is 0 Å². The number of fused-ring (bicyclic) bond motifs is 1. The average molecular weight is 423 g/mol. The Hall–Kier alpha value is -3.04. The highest BCUT2D eigenvalue weighted by atomic mass is 32.1. The molecule has 0 aliphatic heterocycles. The van der Waals surface area contributed by atoms with Gasteiger partial charge in [0, 0.05) is 24.0 Å². The highest BCUT2D eigenvalue weighted by Crippen LogP contribution is 2.47. The van der Waals surface area contributed by atoms with Crippen LogP contribution in [0.1, 0.15) is 58.4 Å². The molecule has 0 saturated heterocycles. The van der Waals surface area contributed by atoms with Crippen molar-refractivity contribution in [2.45, 2.75) is 31.8 Å². The molecule has 8 nitrogen and oxygen atoms in total. The van der Waals surface area contributed by atoms with Gasteiger partial charge in [0.05, 0.1) is 23.8 Å². The smallest absolute Gasteiger partial charge is 0.253 e. The van der Waals surface area contributed by atoms with E-state index in [-0.39, 0.29) is 5.91 Å². The Balaban J connectivity index is 1.43. The topological polar surface area (TPSA) is 88.5 Å². The van der Waals surface area contributed by atoms with Crippen LogP contribution in [-0.2, 0) is 0 Å². The molecule has 1 aromatic carbocycles. The van der Waals surface area contributed by atoms with Crippen LogP contribution in [0.5, 0.6) is 0 Å². The quantitative estimate of drug-likeness (QED) is 0.516. The zero-order chi connectivity index (χ0) is 20.8. The Morgan fingerprint density at radius 2 is 2.10 bits per heavy atom. The Bertz CT molecular complexity index is 1200. The van der Waals surface area contributed by atoms with Crippen LogP contribution in [-0.4, -0.2) is 53.9 Å². The second-order valence-electron chi connectivity index (χ2n) is 7.58. The van der Waals surface area contributed by atoms with E-state index in [1.54, 1.807) is 52.6 Å². The van der Waals surface area contributed by atoms with Gasteiger partial charge in [-0.3, -0.25) is 9.20 Å². The van der Waals surface area contributed by atoms with Crippen LogP contribution in [0.25, 0.3) is 10.5 Å². The Morgan fingerprint density at radius 1 is 1.33 bits per heavy atom. The fourth-order valence-corrected chi connectivity index (χ4v) is 4.82. The molecule has 1 N–H and O–H groups in total. The number of hydrogen-bond donors (Lipinski definition) is 1. The maximum Gasteiger partial charge on any atom is 0.253 e. The van der Waals surface area contributed by atoms with Crippen molar-refractivity contribution >= 4 is 22.1 Å². The molecule has 1 unspecified atom stereocenters. The fourth-order valence-electron chi connectivity index (χ4n) is 3.52. The van der Waals surface area contributed by atoms with Crippen molar-refractivity contribution in [3.8, 4) is 5.69 Å². The van der Waals surface area contributed by atoms with Gasteiger partial charge in [0.2, 0.25) is 0 Å². The second kappa shape index (κ2) is 7.33. The van der Waals surface area contributed by atoms with Gasteiger partial charge in [0.1, 0.15) is 23.0 Å². The van der Waals surface area contributed by atoms with Gasteiger partial charge >= 0.3 is 0 Å². The molecule has 0 spiro atoms. The lowest BCUT2D eigenvalue weighted by Gasteiger charge is -2.14. The normalized spacial score (nSPS) is 14.9. The van der Waals surface area contributed by atoms with E-state index in [9.17, 15) is 9.90 Å². The first-order valence-electron chi connectivity index (χ1n) is 9.97. The van der Waals surface area contributed by atoms with E-state index in [1.807, 2.05) is 29.7 Å². The van der Waals surface area contributed by atoms with Crippen molar-refractivity contribution in [2.24, 2.45) is 0 Å². The predicted octanol–water partition coefficient (Wildman–Crippen LogP) is 3.03. The Morgan fingerprint density at radius 3 is 2.80 bits per heavy atom. The van der Waals surface area contributed by atoms with E-state index in [0.29, 0.717) is 23.7 Å². The number of aliphatic hydroxyl groups excluding tert-OH is 1. The maximum atomic E-state index is 12.3. The van der Waals surface area contributed by atoms with Crippen molar-refractivity contribution in [1.82, 2.24) is 29.3 Å². The number of nitrogens with zero attached hydrogens (tertiary/aromatic N) is 6. The molecule has 1 atom stereocenters. The number of carbonyl (C=O) groups is 1. The van der Waals surface area contributed by atoms with Gasteiger partial charge in [-0.2, -0.15) is 0 Å². The summed E-state index contributed by atoms with van der Waals surface area (Å²) in [6, 6.07) is 7.22. The van der Waals surface area contributed by atoms with Gasteiger partial charge in [0.25, 0.3) is 5.91 Å². The molecule has 1 aliphatic carbocycles. The Labute approximate surface area is 177 Å². The molecule has 0 bridgehead atoms. The van der Waals surface area contributed by atoms with Crippen LogP contribution in [0.15, 0.2) is 43.0 Å². The molecule has 4 aromatic rings. The van der Waals surface area contributed by atoms with E-state index >= 15 is 0 Å². The molecular formula is C21H22N6O2S. The molecule has 30 heavy (non-hydrogen) atoms. The predicted molar refractivity (Wildman–Crippen MR) is 113 cm³/mol. The summed E-state index contributed by atoms with van der Waals surface area (Å²) >= 11 is 1.69. The zero-order valence-electron chi connectivity index (χ0n) is 16.8. The molecule has 154 valence electrons. The summed E-state index contributed by atoms with van der Waals surface area (Å²) in [7, 11) is 1.78. The van der Waals surface area contributed by atoms with Gasteiger partial charge in [-0.1, -0.05) is 5.21 Å². The van der Waals surface area contributed by atoms with Crippen molar-refractivity contribution < 1.29 is 9.90 Å². The largest absolute Gasteiger partial charge is 0.380 e. The third-order valence-electron chi connectivity index (χ3n) is 5.53. The van der Waals surface area contributed by atoms with Crippen molar-refractivity contribution in [1.29, 1.82) is 0 Å². The fraction of sp³-hybridized carbons (Fsp3) is 0.333. The number of rotatable bonds is 6. The first-order chi connectivity index (χ1) is 14.6. The number of thiazole rings is 1. The molecular weight excluding hydrogens is 400 g/mol. The standard InChI is InChI=1S/C21H22N6O2S/c1-3-25(2)21(29)14-6-8-15(9-7-14)27-11-16(23-24-27)19(28)18-20(13-4-5-13)30-17-10-22-12-26(17)18/h6-13,19,28H,3-5H2,1-2H3. The highest BCUT2D eigenvalue weighted by Gasteiger charge is 2.33. The van der Waals surface area contributed by atoms with Crippen LogP contribution in [0, 0.1) is 0 Å². The lowest BCUT2D eigenvalue weighted by molar-refractivity contribution is 0.0802. The molecule has 1 aliphatic rings. The van der Waals surface area contributed by atoms with Crippen LogP contribution in [0.4, 0.5) is 0 Å². The van der Waals surface area contributed by atoms with E-state index in [2.05, 4.69) is 15.3 Å². The summed E-state index contributed by atoms with van der Waals surface area (Å²) in [6.45, 7) is 2.59. The lowest BCUT2D eigenvalue weighted by Crippen LogP contribution is -2.26. The van der Waals surface area contributed by atoms with E-state index in [0.717, 1.165) is 29.1 Å². The first-order valence-corrected chi connectivity index (χ1v) is 10.8. The van der Waals surface area contributed by atoms with Crippen molar-refractivity contribution in [2.75, 3.05) is 13.6 Å². The first kappa shape index (κ1) is 19.0. The third-order valence-corrected chi connectivity index (χ3v) is 6.80. The van der Waals surface area contributed by atoms with Gasteiger partial charge in [-0.15, -0.1) is 16.4 Å². The minimum Gasteiger partial charge on any atom is -0.380 e. The molecule has 5 rings (SSSR count). The highest BCUT2D eigenvalue weighted by molar-refractivity contribution is 7.17. The molecule has 3 heterocycles. The number of benzene rings is 1. The van der Waals surface area contributed by atoms with Gasteiger partial charge in [-0.25, -0.2) is 9.67 Å². The van der Waals surface area contributed by atoms with Crippen LogP contribution < -0.4 is 0 Å². The molecule has 0 radical (unpaired) electrons. The third kappa shape index (κ3) is 3.20. The van der Waals surface area contributed by atoms with E-state index < -0.39 is 6.10 Å². The number of amides is 1. The summed E-state index contributed by atoms with van der Waals surface area (Å²) < 4.78 is 3.57. The number of imidazole rings is 1. The summed E-state index contributed by atoms with van der Waals surface area (Å²) in [4.78, 5) is 20.4. The van der Waals surface area contributed by atoms with Crippen LogP contribution in [0.2, 0.25) is 0 Å². The lowest BCUT2D eigenvalue weighted by atomic mass is 10.1. The average Bonchev–Trinajstić information content (AvgIpc) is 3.17. The molecule has 3 aromatic heterocycles. The molecule has 1 fully saturated rings. The van der Waals surface area contributed by atoms with Gasteiger partial charge in [0.15, 0.2) is 0 Å². The van der Waals surface area contributed by atoms with Crippen LogP contribution in [0.3, 0.4) is 0 Å². The van der Waals surface area contributed by atoms with Gasteiger partial charge < -0.3 is 10.0 Å². The SMILES string of the molecule is CCN(C)C(=O)c1ccc(-n2cc(C(O)c3c(C4CC4)sc4cncn34)nn2)cc1. The second-order valence-corrected chi connectivity index (χ2v) is 8.65. The monoisotopic (exact) mass is 422 g/mol. The summed E-state index contributed by atoms with van der Waals surface area (Å²) in [5.74, 6) is 0.495. The number of hydrogen-bond acceptors (Lipinski definition) is 6. The summed E-state index contributed by atoms with van der Waals surface area (Å²) in [5.41, 5.74) is 2.72. The number of aromatic nitrogens is 5.